The molecule has 200 valence electrons. The van der Waals surface area contributed by atoms with E-state index in [0.29, 0.717) is 10.9 Å². The molecule has 0 spiro atoms. The van der Waals surface area contributed by atoms with Crippen molar-refractivity contribution in [2.75, 3.05) is 14.1 Å². The lowest BCUT2D eigenvalue weighted by Crippen LogP contribution is -2.52. The van der Waals surface area contributed by atoms with Gasteiger partial charge in [-0.2, -0.15) is 0 Å². The number of aryl methyl sites for hydroxylation is 1. The molecule has 2 rings (SSSR count). The van der Waals surface area contributed by atoms with E-state index in [1.807, 2.05) is 37.3 Å². The monoisotopic (exact) mass is 496 g/mol. The first-order chi connectivity index (χ1) is 17.4. The highest BCUT2D eigenvalue weighted by molar-refractivity contribution is 5.74. The third-order valence-electron chi connectivity index (χ3n) is 7.08. The van der Waals surface area contributed by atoms with Crippen molar-refractivity contribution in [3.8, 4) is 5.75 Å². The van der Waals surface area contributed by atoms with E-state index in [1.165, 1.54) is 62.5 Å². The minimum atomic E-state index is -0.569. The Labute approximate surface area is 220 Å². The van der Waals surface area contributed by atoms with E-state index in [0.717, 1.165) is 25.1 Å². The number of hydrogen-bond acceptors (Lipinski definition) is 3. The van der Waals surface area contributed by atoms with Crippen LogP contribution in [0.5, 0.6) is 5.75 Å². The molecule has 0 amide bonds. The lowest BCUT2D eigenvalue weighted by Gasteiger charge is -2.35. The molecule has 2 atom stereocenters. The molecular formula is C32H50NO3+. The van der Waals surface area contributed by atoms with Gasteiger partial charge in [0.25, 0.3) is 0 Å². The molecule has 2 unspecified atom stereocenters. The summed E-state index contributed by atoms with van der Waals surface area (Å²) in [6, 6.07) is 18.3. The zero-order chi connectivity index (χ0) is 26.2. The SMILES string of the molecule is CCCCCCCCCCc1cccc(OC(CCC)OC(=O)C(C)[N+](C)(C)Cc2ccccc2)c1. The van der Waals surface area contributed by atoms with Gasteiger partial charge in [0.05, 0.1) is 14.1 Å². The summed E-state index contributed by atoms with van der Waals surface area (Å²) in [5.41, 5.74) is 2.49. The normalized spacial score (nSPS) is 13.2. The molecular weight excluding hydrogens is 446 g/mol. The van der Waals surface area contributed by atoms with E-state index in [-0.39, 0.29) is 12.0 Å². The quantitative estimate of drug-likeness (QED) is 0.0905. The van der Waals surface area contributed by atoms with Gasteiger partial charge < -0.3 is 14.0 Å². The predicted octanol–water partition coefficient (Wildman–Crippen LogP) is 8.08. The second kappa shape index (κ2) is 16.4. The van der Waals surface area contributed by atoms with Gasteiger partial charge in [0.15, 0.2) is 6.04 Å². The summed E-state index contributed by atoms with van der Waals surface area (Å²) in [5.74, 6) is 0.563. The van der Waals surface area contributed by atoms with Gasteiger partial charge in [-0.05, 0) is 43.9 Å². The summed E-state index contributed by atoms with van der Waals surface area (Å²) in [7, 11) is 4.15. The van der Waals surface area contributed by atoms with Crippen LogP contribution in [0.25, 0.3) is 0 Å². The van der Waals surface area contributed by atoms with Gasteiger partial charge in [0.2, 0.25) is 6.29 Å². The summed E-state index contributed by atoms with van der Waals surface area (Å²) >= 11 is 0. The minimum Gasteiger partial charge on any atom is -0.455 e. The van der Waals surface area contributed by atoms with Gasteiger partial charge in [-0.1, -0.05) is 101 Å². The van der Waals surface area contributed by atoms with Crippen LogP contribution in [0.15, 0.2) is 54.6 Å². The third kappa shape index (κ3) is 11.2. The van der Waals surface area contributed by atoms with Crippen molar-refractivity contribution in [1.29, 1.82) is 0 Å². The first-order valence-electron chi connectivity index (χ1n) is 14.2. The van der Waals surface area contributed by atoms with Crippen LogP contribution in [0.3, 0.4) is 0 Å². The standard InChI is InChI=1S/C32H50NO3/c1-6-8-9-10-11-12-13-15-20-28-23-18-24-30(25-28)35-31(19-7-2)36-32(34)27(3)33(4,5)26-29-21-16-14-17-22-29/h14,16-18,21-25,27,31H,6-13,15,19-20,26H2,1-5H3/q+1. The number of nitrogens with zero attached hydrogens (tertiary/aromatic N) is 1. The molecule has 4 heteroatoms. The molecule has 0 heterocycles. The highest BCUT2D eigenvalue weighted by Gasteiger charge is 2.34. The first kappa shape index (κ1) is 29.9. The number of likely N-dealkylation sites (N-methyl/N-ethyl adjacent to an activating group) is 1. The Bertz CT molecular complexity index is 865. The second-order valence-electron chi connectivity index (χ2n) is 10.7. The van der Waals surface area contributed by atoms with Crippen LogP contribution in [-0.4, -0.2) is 36.9 Å². The van der Waals surface area contributed by atoms with Crippen molar-refractivity contribution in [3.63, 3.8) is 0 Å². The average Bonchev–Trinajstić information content (AvgIpc) is 2.86. The number of ether oxygens (including phenoxy) is 2. The number of quaternary nitrogens is 1. The third-order valence-corrected chi connectivity index (χ3v) is 7.08. The molecule has 0 bridgehead atoms. The van der Waals surface area contributed by atoms with Crippen LogP contribution in [0.4, 0.5) is 0 Å². The van der Waals surface area contributed by atoms with Crippen LogP contribution in [0.1, 0.15) is 96.1 Å². The molecule has 0 aliphatic heterocycles. The molecule has 2 aromatic rings. The zero-order valence-corrected chi connectivity index (χ0v) is 23.5. The van der Waals surface area contributed by atoms with Gasteiger partial charge in [-0.3, -0.25) is 0 Å². The van der Waals surface area contributed by atoms with Gasteiger partial charge in [0, 0.05) is 12.0 Å². The summed E-state index contributed by atoms with van der Waals surface area (Å²) in [4.78, 5) is 13.1. The highest BCUT2D eigenvalue weighted by atomic mass is 16.7. The Kier molecular flexibility index (Phi) is 13.6. The summed E-state index contributed by atoms with van der Waals surface area (Å²) in [6.07, 6.45) is 12.6. The molecule has 2 aromatic carbocycles. The van der Waals surface area contributed by atoms with Gasteiger partial charge in [0.1, 0.15) is 12.3 Å². The van der Waals surface area contributed by atoms with Gasteiger partial charge in [-0.15, -0.1) is 0 Å². The highest BCUT2D eigenvalue weighted by Crippen LogP contribution is 2.21. The number of carbonyl (C=O) groups excluding carboxylic acids is 1. The van der Waals surface area contributed by atoms with Crippen LogP contribution in [0.2, 0.25) is 0 Å². The lowest BCUT2D eigenvalue weighted by atomic mass is 10.0. The Morgan fingerprint density at radius 3 is 2.11 bits per heavy atom. The second-order valence-corrected chi connectivity index (χ2v) is 10.7. The summed E-state index contributed by atoms with van der Waals surface area (Å²) in [5, 5.41) is 0. The number of carbonyl (C=O) groups is 1. The molecule has 0 saturated carbocycles. The molecule has 0 aliphatic carbocycles. The Hall–Kier alpha value is -2.33. The Morgan fingerprint density at radius 2 is 1.44 bits per heavy atom. The van der Waals surface area contributed by atoms with E-state index in [4.69, 9.17) is 9.47 Å². The maximum atomic E-state index is 13.1. The van der Waals surface area contributed by atoms with Crippen LogP contribution < -0.4 is 4.74 Å². The maximum absolute atomic E-state index is 13.1. The van der Waals surface area contributed by atoms with Crippen LogP contribution >= 0.6 is 0 Å². The van der Waals surface area contributed by atoms with Crippen molar-refractivity contribution in [2.45, 2.75) is 110 Å². The zero-order valence-electron chi connectivity index (χ0n) is 23.5. The summed E-state index contributed by atoms with van der Waals surface area (Å²) in [6.45, 7) is 7.05. The number of hydrogen-bond donors (Lipinski definition) is 0. The Morgan fingerprint density at radius 1 is 0.806 bits per heavy atom. The lowest BCUT2D eigenvalue weighted by molar-refractivity contribution is -0.917. The predicted molar refractivity (Wildman–Crippen MR) is 150 cm³/mol. The van der Waals surface area contributed by atoms with E-state index in [9.17, 15) is 4.79 Å². The van der Waals surface area contributed by atoms with E-state index < -0.39 is 6.29 Å². The fourth-order valence-corrected chi connectivity index (χ4v) is 4.47. The molecule has 0 radical (unpaired) electrons. The molecule has 0 N–H and O–H groups in total. The van der Waals surface area contributed by atoms with Gasteiger partial charge >= 0.3 is 5.97 Å². The summed E-state index contributed by atoms with van der Waals surface area (Å²) < 4.78 is 12.6. The van der Waals surface area contributed by atoms with Crippen LogP contribution in [-0.2, 0) is 22.5 Å². The number of unbranched alkanes of at least 4 members (excludes halogenated alkanes) is 7. The largest absolute Gasteiger partial charge is 0.455 e. The molecule has 0 fully saturated rings. The molecule has 4 nitrogen and oxygen atoms in total. The number of benzene rings is 2. The van der Waals surface area contributed by atoms with Gasteiger partial charge in [-0.25, -0.2) is 4.79 Å². The molecule has 0 saturated heterocycles. The average molecular weight is 497 g/mol. The van der Waals surface area contributed by atoms with E-state index >= 15 is 0 Å². The minimum absolute atomic E-state index is 0.218. The van der Waals surface area contributed by atoms with E-state index in [1.54, 1.807) is 0 Å². The van der Waals surface area contributed by atoms with Crippen molar-refractivity contribution in [1.82, 2.24) is 0 Å². The number of esters is 1. The Balaban J connectivity index is 1.86. The fourth-order valence-electron chi connectivity index (χ4n) is 4.47. The molecule has 0 aliphatic rings. The maximum Gasteiger partial charge on any atom is 0.367 e. The van der Waals surface area contributed by atoms with Crippen LogP contribution in [0, 0.1) is 0 Å². The fraction of sp³-hybridized carbons (Fsp3) is 0.594. The number of rotatable bonds is 18. The molecule has 0 aromatic heterocycles. The van der Waals surface area contributed by atoms with E-state index in [2.05, 4.69) is 52.2 Å². The van der Waals surface area contributed by atoms with Crippen molar-refractivity contribution >= 4 is 5.97 Å². The van der Waals surface area contributed by atoms with Crippen molar-refractivity contribution in [3.05, 3.63) is 65.7 Å². The molecule has 36 heavy (non-hydrogen) atoms. The topological polar surface area (TPSA) is 35.5 Å². The first-order valence-corrected chi connectivity index (χ1v) is 14.2. The smallest absolute Gasteiger partial charge is 0.367 e. The van der Waals surface area contributed by atoms with Crippen molar-refractivity contribution in [2.24, 2.45) is 0 Å². The van der Waals surface area contributed by atoms with Crippen molar-refractivity contribution < 1.29 is 18.8 Å².